The van der Waals surface area contributed by atoms with Crippen molar-refractivity contribution in [3.8, 4) is 0 Å². The van der Waals surface area contributed by atoms with Gasteiger partial charge in [-0.2, -0.15) is 0 Å². The van der Waals surface area contributed by atoms with Crippen LogP contribution in [0.4, 0.5) is 0 Å². The van der Waals surface area contributed by atoms with Gasteiger partial charge in [-0.05, 0) is 32.6 Å². The molecule has 2 heteroatoms. The Balaban J connectivity index is 2.25. The molecule has 0 amide bonds. The minimum atomic E-state index is -0.161. The minimum Gasteiger partial charge on any atom is -0.372 e. The van der Waals surface area contributed by atoms with Crippen LogP contribution in [0, 0.1) is 0 Å². The van der Waals surface area contributed by atoms with Gasteiger partial charge in [0.2, 0.25) is 0 Å². The molecular formula is C11H21NO. The van der Waals surface area contributed by atoms with E-state index in [0.29, 0.717) is 12.7 Å². The molecule has 1 rings (SSSR count). The van der Waals surface area contributed by atoms with Gasteiger partial charge in [-0.1, -0.05) is 19.1 Å². The highest BCUT2D eigenvalue weighted by Crippen LogP contribution is 2.15. The summed E-state index contributed by atoms with van der Waals surface area (Å²) in [5.74, 6) is 0. The van der Waals surface area contributed by atoms with Crippen LogP contribution < -0.4 is 5.73 Å². The van der Waals surface area contributed by atoms with Gasteiger partial charge in [0.05, 0.1) is 12.7 Å². The van der Waals surface area contributed by atoms with Gasteiger partial charge in [0.1, 0.15) is 0 Å². The molecular weight excluding hydrogens is 162 g/mol. The lowest BCUT2D eigenvalue weighted by atomic mass is 10.0. The Morgan fingerprint density at radius 1 is 1.62 bits per heavy atom. The maximum atomic E-state index is 5.98. The molecule has 0 aromatic carbocycles. The summed E-state index contributed by atoms with van der Waals surface area (Å²) in [5, 5.41) is 0. The lowest BCUT2D eigenvalue weighted by molar-refractivity contribution is 0.0416. The van der Waals surface area contributed by atoms with Crippen molar-refractivity contribution >= 4 is 0 Å². The van der Waals surface area contributed by atoms with Crippen molar-refractivity contribution in [3.63, 3.8) is 0 Å². The summed E-state index contributed by atoms with van der Waals surface area (Å²) in [5.41, 5.74) is 5.82. The highest BCUT2D eigenvalue weighted by atomic mass is 16.5. The van der Waals surface area contributed by atoms with Crippen LogP contribution in [0.3, 0.4) is 0 Å². The monoisotopic (exact) mass is 183 g/mol. The highest BCUT2D eigenvalue weighted by molar-refractivity contribution is 4.94. The van der Waals surface area contributed by atoms with E-state index in [9.17, 15) is 0 Å². The Morgan fingerprint density at radius 2 is 2.38 bits per heavy atom. The van der Waals surface area contributed by atoms with E-state index in [0.717, 1.165) is 12.8 Å². The van der Waals surface area contributed by atoms with E-state index in [1.807, 2.05) is 6.92 Å². The quantitative estimate of drug-likeness (QED) is 0.678. The van der Waals surface area contributed by atoms with Crippen LogP contribution in [0.15, 0.2) is 12.2 Å². The number of allylic oxidation sites excluding steroid dienone is 1. The van der Waals surface area contributed by atoms with Gasteiger partial charge in [0.15, 0.2) is 0 Å². The van der Waals surface area contributed by atoms with Crippen LogP contribution in [0.5, 0.6) is 0 Å². The van der Waals surface area contributed by atoms with E-state index in [1.54, 1.807) is 0 Å². The normalized spacial score (nSPS) is 27.2. The Kier molecular flexibility index (Phi) is 3.94. The average Bonchev–Trinajstić information content (AvgIpc) is 2.17. The summed E-state index contributed by atoms with van der Waals surface area (Å²) in [6.45, 7) is 4.80. The number of ether oxygens (including phenoxy) is 1. The number of hydrogen-bond acceptors (Lipinski definition) is 2. The molecule has 0 bridgehead atoms. The molecule has 0 aromatic heterocycles. The third-order valence-electron chi connectivity index (χ3n) is 2.64. The molecule has 0 aliphatic heterocycles. The van der Waals surface area contributed by atoms with Crippen molar-refractivity contribution in [2.75, 3.05) is 6.61 Å². The number of nitrogens with two attached hydrogens (primary N) is 1. The summed E-state index contributed by atoms with van der Waals surface area (Å²) >= 11 is 0. The Morgan fingerprint density at radius 3 is 2.92 bits per heavy atom. The van der Waals surface area contributed by atoms with Crippen molar-refractivity contribution in [3.05, 3.63) is 12.2 Å². The lowest BCUT2D eigenvalue weighted by Crippen LogP contribution is -2.41. The van der Waals surface area contributed by atoms with Crippen molar-refractivity contribution in [2.45, 2.75) is 51.2 Å². The van der Waals surface area contributed by atoms with Crippen LogP contribution in [0.2, 0.25) is 0 Å². The van der Waals surface area contributed by atoms with Gasteiger partial charge in [-0.3, -0.25) is 0 Å². The molecule has 1 aliphatic rings. The average molecular weight is 183 g/mol. The van der Waals surface area contributed by atoms with E-state index in [-0.39, 0.29) is 5.54 Å². The molecule has 1 aliphatic carbocycles. The lowest BCUT2D eigenvalue weighted by Gasteiger charge is -2.26. The maximum Gasteiger partial charge on any atom is 0.0756 e. The fraction of sp³-hybridized carbons (Fsp3) is 0.818. The zero-order chi connectivity index (χ0) is 9.73. The molecule has 2 unspecified atom stereocenters. The summed E-state index contributed by atoms with van der Waals surface area (Å²) < 4.78 is 5.73. The largest absolute Gasteiger partial charge is 0.372 e. The summed E-state index contributed by atoms with van der Waals surface area (Å²) in [4.78, 5) is 0. The molecule has 0 heterocycles. The van der Waals surface area contributed by atoms with E-state index in [1.165, 1.54) is 12.8 Å². The molecule has 0 saturated carbocycles. The molecule has 0 fully saturated rings. The van der Waals surface area contributed by atoms with Crippen LogP contribution in [0.1, 0.15) is 39.5 Å². The fourth-order valence-electron chi connectivity index (χ4n) is 1.32. The Bertz CT molecular complexity index is 175. The Labute approximate surface area is 81.1 Å². The molecule has 0 spiro atoms. The first-order chi connectivity index (χ1) is 6.14. The highest BCUT2D eigenvalue weighted by Gasteiger charge is 2.18. The van der Waals surface area contributed by atoms with Gasteiger partial charge >= 0.3 is 0 Å². The van der Waals surface area contributed by atoms with Crippen LogP contribution in [-0.4, -0.2) is 18.2 Å². The van der Waals surface area contributed by atoms with E-state index >= 15 is 0 Å². The smallest absolute Gasteiger partial charge is 0.0756 e. The third kappa shape index (κ3) is 3.92. The van der Waals surface area contributed by atoms with E-state index in [2.05, 4.69) is 19.1 Å². The predicted molar refractivity (Wildman–Crippen MR) is 55.6 cm³/mol. The topological polar surface area (TPSA) is 35.2 Å². The third-order valence-corrected chi connectivity index (χ3v) is 2.64. The maximum absolute atomic E-state index is 5.98. The first-order valence-electron chi connectivity index (χ1n) is 5.21. The second-order valence-electron chi connectivity index (χ2n) is 4.22. The predicted octanol–water partition coefficient (Wildman–Crippen LogP) is 2.24. The molecule has 0 saturated heterocycles. The molecule has 0 aromatic rings. The molecule has 2 nitrogen and oxygen atoms in total. The van der Waals surface area contributed by atoms with Crippen LogP contribution >= 0.6 is 0 Å². The standard InChI is InChI=1S/C11H21NO/c1-3-11(2,12)9-13-10-7-5-4-6-8-10/h5,7,10H,3-4,6,8-9,12H2,1-2H3. The summed E-state index contributed by atoms with van der Waals surface area (Å²) in [6, 6.07) is 0. The van der Waals surface area contributed by atoms with Gasteiger partial charge in [0, 0.05) is 5.54 Å². The van der Waals surface area contributed by atoms with Gasteiger partial charge in [-0.25, -0.2) is 0 Å². The van der Waals surface area contributed by atoms with Crippen molar-refractivity contribution < 1.29 is 4.74 Å². The summed E-state index contributed by atoms with van der Waals surface area (Å²) in [6.07, 6.45) is 9.23. The van der Waals surface area contributed by atoms with Crippen molar-refractivity contribution in [1.82, 2.24) is 0 Å². The van der Waals surface area contributed by atoms with Crippen LogP contribution in [0.25, 0.3) is 0 Å². The Hall–Kier alpha value is -0.340. The molecule has 76 valence electrons. The first-order valence-corrected chi connectivity index (χ1v) is 5.21. The summed E-state index contributed by atoms with van der Waals surface area (Å²) in [7, 11) is 0. The zero-order valence-electron chi connectivity index (χ0n) is 8.75. The minimum absolute atomic E-state index is 0.161. The molecule has 2 atom stereocenters. The van der Waals surface area contributed by atoms with Gasteiger partial charge in [0.25, 0.3) is 0 Å². The van der Waals surface area contributed by atoms with Crippen LogP contribution in [-0.2, 0) is 4.74 Å². The second kappa shape index (κ2) is 4.77. The first kappa shape index (κ1) is 10.7. The number of hydrogen-bond donors (Lipinski definition) is 1. The van der Waals surface area contributed by atoms with Crippen molar-refractivity contribution in [1.29, 1.82) is 0 Å². The molecule has 2 N–H and O–H groups in total. The SMILES string of the molecule is CCC(C)(N)COC1C=CCCC1. The fourth-order valence-corrected chi connectivity index (χ4v) is 1.32. The van der Waals surface area contributed by atoms with E-state index < -0.39 is 0 Å². The number of rotatable bonds is 4. The zero-order valence-corrected chi connectivity index (χ0v) is 8.75. The molecule has 0 radical (unpaired) electrons. The van der Waals surface area contributed by atoms with Crippen molar-refractivity contribution in [2.24, 2.45) is 5.73 Å². The van der Waals surface area contributed by atoms with Gasteiger partial charge in [-0.15, -0.1) is 0 Å². The second-order valence-corrected chi connectivity index (χ2v) is 4.22. The van der Waals surface area contributed by atoms with E-state index in [4.69, 9.17) is 10.5 Å². The van der Waals surface area contributed by atoms with Gasteiger partial charge < -0.3 is 10.5 Å². The molecule has 13 heavy (non-hydrogen) atoms.